The highest BCUT2D eigenvalue weighted by Gasteiger charge is 2.76. The second-order valence-electron chi connectivity index (χ2n) is 3.60. The lowest BCUT2D eigenvalue weighted by atomic mass is 10.00. The Morgan fingerprint density at radius 2 is 1.55 bits per heavy atom. The molecule has 0 aliphatic carbocycles. The quantitative estimate of drug-likeness (QED) is 0.520. The minimum absolute atomic E-state index is 0.227. The standard InChI is InChI=1S/C10H3BrClF7O/c11-4-1-2-5(6(12)3-4)7(20)8(13,14)9(15,16)10(17,18)19/h1-3H. The molecule has 0 aliphatic heterocycles. The van der Waals surface area contributed by atoms with Crippen LogP contribution in [0.25, 0.3) is 0 Å². The van der Waals surface area contributed by atoms with Crippen molar-refractivity contribution in [3.05, 3.63) is 33.3 Å². The highest BCUT2D eigenvalue weighted by Crippen LogP contribution is 2.48. The van der Waals surface area contributed by atoms with Crippen LogP contribution >= 0.6 is 27.5 Å². The first-order valence-corrected chi connectivity index (χ1v) is 5.81. The lowest BCUT2D eigenvalue weighted by Crippen LogP contribution is -2.56. The largest absolute Gasteiger partial charge is 0.460 e. The van der Waals surface area contributed by atoms with Crippen LogP contribution in [0.5, 0.6) is 0 Å². The summed E-state index contributed by atoms with van der Waals surface area (Å²) in [4.78, 5) is 11.3. The fraction of sp³-hybridized carbons (Fsp3) is 0.300. The van der Waals surface area contributed by atoms with Crippen molar-refractivity contribution in [3.8, 4) is 0 Å². The van der Waals surface area contributed by atoms with Crippen LogP contribution in [0.1, 0.15) is 10.4 Å². The number of benzene rings is 1. The van der Waals surface area contributed by atoms with Gasteiger partial charge in [0.05, 0.1) is 5.02 Å². The fourth-order valence-electron chi connectivity index (χ4n) is 1.16. The Bertz CT molecular complexity index is 541. The number of hydrogen-bond acceptors (Lipinski definition) is 1. The predicted molar refractivity (Wildman–Crippen MR) is 59.4 cm³/mol. The van der Waals surface area contributed by atoms with E-state index in [4.69, 9.17) is 11.6 Å². The first-order chi connectivity index (χ1) is 8.82. The number of ketones is 1. The summed E-state index contributed by atoms with van der Waals surface area (Å²) in [6.45, 7) is 0. The Labute approximate surface area is 120 Å². The van der Waals surface area contributed by atoms with Crippen LogP contribution in [0.4, 0.5) is 30.7 Å². The maximum Gasteiger partial charge on any atom is 0.460 e. The van der Waals surface area contributed by atoms with Crippen LogP contribution in [-0.2, 0) is 0 Å². The zero-order valence-electron chi connectivity index (χ0n) is 9.04. The van der Waals surface area contributed by atoms with E-state index in [2.05, 4.69) is 15.9 Å². The number of carbonyl (C=O) groups excluding carboxylic acids is 1. The van der Waals surface area contributed by atoms with Crippen LogP contribution in [0, 0.1) is 0 Å². The molecular weight excluding hydrogens is 384 g/mol. The molecule has 1 nitrogen and oxygen atoms in total. The van der Waals surface area contributed by atoms with E-state index in [9.17, 15) is 35.5 Å². The molecule has 0 radical (unpaired) electrons. The average molecular weight is 387 g/mol. The molecule has 1 aromatic rings. The molecule has 0 spiro atoms. The molecule has 0 saturated carbocycles. The van der Waals surface area contributed by atoms with Crippen LogP contribution in [-0.4, -0.2) is 23.8 Å². The van der Waals surface area contributed by atoms with Crippen LogP contribution in [0.2, 0.25) is 5.02 Å². The SMILES string of the molecule is O=C(c1ccc(Br)cc1Cl)C(F)(F)C(F)(F)C(F)(F)F. The molecule has 0 heterocycles. The van der Waals surface area contributed by atoms with E-state index in [-0.39, 0.29) is 4.47 Å². The molecule has 0 aliphatic rings. The van der Waals surface area contributed by atoms with E-state index >= 15 is 0 Å². The molecule has 0 saturated heterocycles. The third-order valence-electron chi connectivity index (χ3n) is 2.21. The molecular formula is C10H3BrClF7O. The highest BCUT2D eigenvalue weighted by molar-refractivity contribution is 9.10. The smallest absolute Gasteiger partial charge is 0.287 e. The molecule has 112 valence electrons. The molecule has 0 N–H and O–H groups in total. The summed E-state index contributed by atoms with van der Waals surface area (Å²) in [6, 6.07) is 2.53. The van der Waals surface area contributed by atoms with Crippen molar-refractivity contribution >= 4 is 33.3 Å². The molecule has 0 bridgehead atoms. The van der Waals surface area contributed by atoms with Crippen LogP contribution in [0.3, 0.4) is 0 Å². The van der Waals surface area contributed by atoms with Gasteiger partial charge in [-0.25, -0.2) is 0 Å². The van der Waals surface area contributed by atoms with Gasteiger partial charge in [0.1, 0.15) is 0 Å². The Balaban J connectivity index is 3.32. The van der Waals surface area contributed by atoms with Gasteiger partial charge in [-0.05, 0) is 18.2 Å². The van der Waals surface area contributed by atoms with Gasteiger partial charge < -0.3 is 0 Å². The Morgan fingerprint density at radius 3 is 1.95 bits per heavy atom. The summed E-state index contributed by atoms with van der Waals surface area (Å²) in [5.41, 5.74) is -1.14. The molecule has 0 amide bonds. The first-order valence-electron chi connectivity index (χ1n) is 4.64. The lowest BCUT2D eigenvalue weighted by Gasteiger charge is -2.27. The normalized spacial score (nSPS) is 13.4. The van der Waals surface area contributed by atoms with Gasteiger partial charge in [0.15, 0.2) is 0 Å². The van der Waals surface area contributed by atoms with Gasteiger partial charge in [-0.2, -0.15) is 30.7 Å². The number of hydrogen-bond donors (Lipinski definition) is 0. The van der Waals surface area contributed by atoms with E-state index in [1.165, 1.54) is 0 Å². The number of Topliss-reactive ketones (excluding diaryl/α,β-unsaturated/α-hetero) is 1. The summed E-state index contributed by atoms with van der Waals surface area (Å²) in [5.74, 6) is -15.2. The minimum Gasteiger partial charge on any atom is -0.287 e. The second kappa shape index (κ2) is 5.18. The third kappa shape index (κ3) is 2.78. The monoisotopic (exact) mass is 386 g/mol. The topological polar surface area (TPSA) is 17.1 Å². The van der Waals surface area contributed by atoms with Crippen molar-refractivity contribution < 1.29 is 35.5 Å². The molecule has 1 rings (SSSR count). The number of halogens is 9. The number of carbonyl (C=O) groups is 1. The van der Waals surface area contributed by atoms with Gasteiger partial charge in [0, 0.05) is 10.0 Å². The van der Waals surface area contributed by atoms with Gasteiger partial charge in [-0.3, -0.25) is 4.79 Å². The zero-order valence-corrected chi connectivity index (χ0v) is 11.4. The van der Waals surface area contributed by atoms with Crippen molar-refractivity contribution in [2.75, 3.05) is 0 Å². The summed E-state index contributed by atoms with van der Waals surface area (Å²) >= 11 is 8.24. The van der Waals surface area contributed by atoms with Crippen LogP contribution in [0.15, 0.2) is 22.7 Å². The fourth-order valence-corrected chi connectivity index (χ4v) is 1.92. The maximum atomic E-state index is 13.2. The van der Waals surface area contributed by atoms with E-state index in [0.29, 0.717) is 6.07 Å². The molecule has 0 atom stereocenters. The summed E-state index contributed by atoms with van der Waals surface area (Å²) in [5, 5.41) is -0.679. The van der Waals surface area contributed by atoms with Crippen molar-refractivity contribution in [1.82, 2.24) is 0 Å². The molecule has 1 aromatic carbocycles. The van der Waals surface area contributed by atoms with Gasteiger partial charge in [-0.1, -0.05) is 27.5 Å². The van der Waals surface area contributed by atoms with Crippen LogP contribution < -0.4 is 0 Å². The predicted octanol–water partition coefficient (Wildman–Crippen LogP) is 5.12. The van der Waals surface area contributed by atoms with E-state index < -0.39 is 34.4 Å². The maximum absolute atomic E-state index is 13.2. The Morgan fingerprint density at radius 1 is 1.05 bits per heavy atom. The highest BCUT2D eigenvalue weighted by atomic mass is 79.9. The first kappa shape index (κ1) is 17.2. The molecule has 10 heteroatoms. The van der Waals surface area contributed by atoms with Gasteiger partial charge in [0.2, 0.25) is 5.78 Å². The van der Waals surface area contributed by atoms with Gasteiger partial charge in [-0.15, -0.1) is 0 Å². The minimum atomic E-state index is -6.58. The van der Waals surface area contributed by atoms with Gasteiger partial charge >= 0.3 is 18.0 Å². The van der Waals surface area contributed by atoms with E-state index in [1.54, 1.807) is 0 Å². The Kier molecular flexibility index (Phi) is 4.46. The second-order valence-corrected chi connectivity index (χ2v) is 4.92. The summed E-state index contributed by atoms with van der Waals surface area (Å²) < 4.78 is 87.8. The van der Waals surface area contributed by atoms with Crippen molar-refractivity contribution in [1.29, 1.82) is 0 Å². The van der Waals surface area contributed by atoms with Crippen molar-refractivity contribution in [2.24, 2.45) is 0 Å². The summed E-state index contributed by atoms with van der Waals surface area (Å²) in [6.07, 6.45) is -6.58. The van der Waals surface area contributed by atoms with E-state index in [0.717, 1.165) is 12.1 Å². The zero-order chi connectivity index (χ0) is 15.9. The number of alkyl halides is 7. The van der Waals surface area contributed by atoms with Gasteiger partial charge in [0.25, 0.3) is 0 Å². The third-order valence-corrected chi connectivity index (χ3v) is 3.02. The van der Waals surface area contributed by atoms with Crippen molar-refractivity contribution in [3.63, 3.8) is 0 Å². The molecule has 0 unspecified atom stereocenters. The molecule has 20 heavy (non-hydrogen) atoms. The number of rotatable bonds is 3. The summed E-state index contributed by atoms with van der Waals surface area (Å²) in [7, 11) is 0. The molecule has 0 fully saturated rings. The average Bonchev–Trinajstić information content (AvgIpc) is 2.26. The lowest BCUT2D eigenvalue weighted by molar-refractivity contribution is -0.339. The van der Waals surface area contributed by atoms with E-state index in [1.807, 2.05) is 0 Å². The Hall–Kier alpha value is -0.830. The molecule has 0 aromatic heterocycles. The van der Waals surface area contributed by atoms with Crippen molar-refractivity contribution in [2.45, 2.75) is 18.0 Å².